The molecule has 0 radical (unpaired) electrons. The van der Waals surface area contributed by atoms with Crippen molar-refractivity contribution in [3.8, 4) is 11.5 Å². The van der Waals surface area contributed by atoms with Gasteiger partial charge < -0.3 is 14.6 Å². The third-order valence-corrected chi connectivity index (χ3v) is 4.42. The van der Waals surface area contributed by atoms with Gasteiger partial charge in [-0.2, -0.15) is 0 Å². The van der Waals surface area contributed by atoms with Gasteiger partial charge in [-0.3, -0.25) is 4.90 Å². The minimum Gasteiger partial charge on any atom is -0.508 e. The zero-order valence-electron chi connectivity index (χ0n) is 17.0. The highest BCUT2D eigenvalue weighted by Gasteiger charge is 2.21. The molecular weight excluding hydrogens is 330 g/mol. The number of unbranched alkanes of at least 4 members (excludes halogenated alkanes) is 1. The first-order valence-corrected chi connectivity index (χ1v) is 9.79. The fourth-order valence-corrected chi connectivity index (χ4v) is 2.98. The summed E-state index contributed by atoms with van der Waals surface area (Å²) in [6.07, 6.45) is 2.87. The van der Waals surface area contributed by atoms with E-state index in [-0.39, 0.29) is 11.8 Å². The van der Waals surface area contributed by atoms with Gasteiger partial charge >= 0.3 is 5.97 Å². The molecule has 1 rings (SSSR count). The van der Waals surface area contributed by atoms with Crippen LogP contribution in [-0.4, -0.2) is 48.3 Å². The number of esters is 1. The molecule has 0 amide bonds. The van der Waals surface area contributed by atoms with Crippen molar-refractivity contribution in [1.29, 1.82) is 0 Å². The standard InChI is InChI=1S/C21H35NO4/c1-6-9-12-25-20-14-18(23)10-11-19(20)21(24)26-15-17(13-16(4)5)22(7-2)8-3/h10-11,14,16-17,23H,6-9,12-13,15H2,1-5H3/t17-/m1/s1. The second-order valence-electron chi connectivity index (χ2n) is 6.99. The molecular formula is C21H35NO4. The number of ether oxygens (including phenoxy) is 2. The Bertz CT molecular complexity index is 541. The van der Waals surface area contributed by atoms with Gasteiger partial charge in [-0.25, -0.2) is 4.79 Å². The summed E-state index contributed by atoms with van der Waals surface area (Å²) in [6, 6.07) is 4.73. The Hall–Kier alpha value is -1.75. The molecule has 0 saturated heterocycles. The van der Waals surface area contributed by atoms with Crippen molar-refractivity contribution in [3.63, 3.8) is 0 Å². The number of nitrogens with zero attached hydrogens (tertiary/aromatic N) is 1. The van der Waals surface area contributed by atoms with Crippen LogP contribution >= 0.6 is 0 Å². The number of likely N-dealkylation sites (N-methyl/N-ethyl adjacent to an activating group) is 1. The van der Waals surface area contributed by atoms with Crippen molar-refractivity contribution < 1.29 is 19.4 Å². The van der Waals surface area contributed by atoms with Gasteiger partial charge in [0, 0.05) is 12.1 Å². The first-order valence-electron chi connectivity index (χ1n) is 9.79. The zero-order valence-corrected chi connectivity index (χ0v) is 17.0. The van der Waals surface area contributed by atoms with E-state index in [1.54, 1.807) is 6.07 Å². The second-order valence-corrected chi connectivity index (χ2v) is 6.99. The third-order valence-electron chi connectivity index (χ3n) is 4.42. The lowest BCUT2D eigenvalue weighted by Crippen LogP contribution is -2.40. The Balaban J connectivity index is 2.81. The van der Waals surface area contributed by atoms with Gasteiger partial charge in [0.2, 0.25) is 0 Å². The van der Waals surface area contributed by atoms with Crippen LogP contribution in [0.3, 0.4) is 0 Å². The number of phenolic OH excluding ortho intramolecular Hbond substituents is 1. The van der Waals surface area contributed by atoms with Crippen molar-refractivity contribution in [2.75, 3.05) is 26.3 Å². The molecule has 0 aliphatic heterocycles. The Morgan fingerprint density at radius 1 is 1.19 bits per heavy atom. The van der Waals surface area contributed by atoms with Gasteiger partial charge in [0.05, 0.1) is 6.61 Å². The van der Waals surface area contributed by atoms with Crippen molar-refractivity contribution >= 4 is 5.97 Å². The SMILES string of the molecule is CCCCOc1cc(O)ccc1C(=O)OC[C@@H](CC(C)C)N(CC)CC. The Labute approximate surface area is 158 Å². The van der Waals surface area contributed by atoms with Crippen molar-refractivity contribution in [3.05, 3.63) is 23.8 Å². The van der Waals surface area contributed by atoms with E-state index in [1.807, 2.05) is 0 Å². The van der Waals surface area contributed by atoms with Crippen LogP contribution in [0.5, 0.6) is 11.5 Å². The molecule has 26 heavy (non-hydrogen) atoms. The molecule has 1 N–H and O–H groups in total. The summed E-state index contributed by atoms with van der Waals surface area (Å²) in [7, 11) is 0. The van der Waals surface area contributed by atoms with Crippen molar-refractivity contribution in [2.24, 2.45) is 5.92 Å². The van der Waals surface area contributed by atoms with E-state index >= 15 is 0 Å². The topological polar surface area (TPSA) is 59.0 Å². The maximum atomic E-state index is 12.6. The van der Waals surface area contributed by atoms with E-state index in [0.29, 0.717) is 30.4 Å². The van der Waals surface area contributed by atoms with E-state index in [4.69, 9.17) is 9.47 Å². The molecule has 0 aliphatic rings. The largest absolute Gasteiger partial charge is 0.508 e. The Morgan fingerprint density at radius 2 is 1.88 bits per heavy atom. The predicted octanol–water partition coefficient (Wildman–Crippen LogP) is 4.48. The summed E-state index contributed by atoms with van der Waals surface area (Å²) >= 11 is 0. The van der Waals surface area contributed by atoms with Gasteiger partial charge in [0.1, 0.15) is 23.7 Å². The summed E-state index contributed by atoms with van der Waals surface area (Å²) in [5, 5.41) is 9.69. The quantitative estimate of drug-likeness (QED) is 0.437. The molecule has 1 atom stereocenters. The van der Waals surface area contributed by atoms with E-state index in [9.17, 15) is 9.90 Å². The number of carbonyl (C=O) groups excluding carboxylic acids is 1. The van der Waals surface area contributed by atoms with Crippen molar-refractivity contribution in [2.45, 2.75) is 59.9 Å². The lowest BCUT2D eigenvalue weighted by atomic mass is 10.0. The summed E-state index contributed by atoms with van der Waals surface area (Å²) in [5.41, 5.74) is 0.363. The van der Waals surface area contributed by atoms with Crippen LogP contribution in [0, 0.1) is 5.92 Å². The van der Waals surface area contributed by atoms with Gasteiger partial charge in [-0.1, -0.05) is 41.0 Å². The number of rotatable bonds is 12. The Morgan fingerprint density at radius 3 is 2.46 bits per heavy atom. The fraction of sp³-hybridized carbons (Fsp3) is 0.667. The van der Waals surface area contributed by atoms with E-state index in [0.717, 1.165) is 32.4 Å². The molecule has 0 fully saturated rings. The van der Waals surface area contributed by atoms with Crippen molar-refractivity contribution in [1.82, 2.24) is 4.90 Å². The van der Waals surface area contributed by atoms with Crippen LogP contribution in [0.1, 0.15) is 64.2 Å². The molecule has 0 aliphatic carbocycles. The summed E-state index contributed by atoms with van der Waals surface area (Å²) in [5.74, 6) is 0.582. The molecule has 148 valence electrons. The predicted molar refractivity (Wildman–Crippen MR) is 105 cm³/mol. The normalized spacial score (nSPS) is 12.4. The van der Waals surface area contributed by atoms with Crippen LogP contribution < -0.4 is 4.74 Å². The van der Waals surface area contributed by atoms with Crippen LogP contribution in [0.2, 0.25) is 0 Å². The zero-order chi connectivity index (χ0) is 19.5. The van der Waals surface area contributed by atoms with Gasteiger partial charge in [-0.05, 0) is 44.0 Å². The number of benzene rings is 1. The minimum absolute atomic E-state index is 0.0777. The minimum atomic E-state index is -0.405. The first-order chi connectivity index (χ1) is 12.4. The van der Waals surface area contributed by atoms with Gasteiger partial charge in [0.25, 0.3) is 0 Å². The number of carbonyl (C=O) groups is 1. The number of aromatic hydroxyl groups is 1. The molecule has 1 aromatic rings. The summed E-state index contributed by atoms with van der Waals surface area (Å²) in [6.45, 7) is 13.4. The average Bonchev–Trinajstić information content (AvgIpc) is 2.60. The smallest absolute Gasteiger partial charge is 0.341 e. The monoisotopic (exact) mass is 365 g/mol. The molecule has 0 heterocycles. The van der Waals surface area contributed by atoms with Crippen LogP contribution in [0.15, 0.2) is 18.2 Å². The van der Waals surface area contributed by atoms with Crippen LogP contribution in [0.25, 0.3) is 0 Å². The maximum absolute atomic E-state index is 12.6. The summed E-state index contributed by atoms with van der Waals surface area (Å²) in [4.78, 5) is 14.9. The highest BCUT2D eigenvalue weighted by Crippen LogP contribution is 2.25. The van der Waals surface area contributed by atoms with E-state index in [2.05, 4.69) is 39.5 Å². The number of phenols is 1. The highest BCUT2D eigenvalue weighted by molar-refractivity contribution is 5.92. The van der Waals surface area contributed by atoms with Crippen LogP contribution in [-0.2, 0) is 4.74 Å². The lowest BCUT2D eigenvalue weighted by molar-refractivity contribution is 0.0327. The second kappa shape index (κ2) is 11.8. The average molecular weight is 366 g/mol. The highest BCUT2D eigenvalue weighted by atomic mass is 16.5. The van der Waals surface area contributed by atoms with E-state index < -0.39 is 5.97 Å². The first kappa shape index (κ1) is 22.3. The molecule has 0 unspecified atom stereocenters. The molecule has 0 aromatic heterocycles. The van der Waals surface area contributed by atoms with Gasteiger partial charge in [0.15, 0.2) is 0 Å². The van der Waals surface area contributed by atoms with Gasteiger partial charge in [-0.15, -0.1) is 0 Å². The maximum Gasteiger partial charge on any atom is 0.341 e. The third kappa shape index (κ3) is 7.24. The molecule has 0 bridgehead atoms. The molecule has 5 heteroatoms. The lowest BCUT2D eigenvalue weighted by Gasteiger charge is -2.30. The fourth-order valence-electron chi connectivity index (χ4n) is 2.98. The van der Waals surface area contributed by atoms with E-state index in [1.165, 1.54) is 12.1 Å². The van der Waals surface area contributed by atoms with Crippen LogP contribution in [0.4, 0.5) is 0 Å². The Kier molecular flexibility index (Phi) is 10.1. The molecule has 1 aromatic carbocycles. The molecule has 0 spiro atoms. The molecule has 5 nitrogen and oxygen atoms in total. The number of hydrogen-bond acceptors (Lipinski definition) is 5. The number of hydrogen-bond donors (Lipinski definition) is 1. The summed E-state index contributed by atoms with van der Waals surface area (Å²) < 4.78 is 11.3. The molecule has 0 saturated carbocycles.